The number of cyclic esters (lactones) is 1. The van der Waals surface area contributed by atoms with Crippen LogP contribution < -0.4 is 0 Å². The van der Waals surface area contributed by atoms with Crippen molar-refractivity contribution in [1.29, 1.82) is 0 Å². The van der Waals surface area contributed by atoms with Crippen LogP contribution in [0.25, 0.3) is 0 Å². The number of rotatable bonds is 9. The third-order valence-corrected chi connectivity index (χ3v) is 9.52. The third-order valence-electron chi connectivity index (χ3n) is 9.52. The summed E-state index contributed by atoms with van der Waals surface area (Å²) in [4.78, 5) is 29.9. The summed E-state index contributed by atoms with van der Waals surface area (Å²) >= 11 is 0. The van der Waals surface area contributed by atoms with Gasteiger partial charge in [-0.25, -0.2) is 4.79 Å². The van der Waals surface area contributed by atoms with E-state index in [1.807, 2.05) is 52.8 Å². The summed E-state index contributed by atoms with van der Waals surface area (Å²) in [6, 6.07) is 0. The Morgan fingerprint density at radius 3 is 2.64 bits per heavy atom. The Labute approximate surface area is 270 Å². The van der Waals surface area contributed by atoms with E-state index in [2.05, 4.69) is 11.9 Å². The third kappa shape index (κ3) is 11.8. The van der Waals surface area contributed by atoms with Crippen molar-refractivity contribution < 1.29 is 39.1 Å². The quantitative estimate of drug-likeness (QED) is 0.148. The molecule has 3 aliphatic rings. The highest BCUT2D eigenvalue weighted by Crippen LogP contribution is 2.37. The van der Waals surface area contributed by atoms with Gasteiger partial charge in [0.25, 0.3) is 0 Å². The second-order valence-corrected chi connectivity index (χ2v) is 13.9. The second kappa shape index (κ2) is 17.1. The maximum Gasteiger partial charge on any atom is 0.410 e. The summed E-state index contributed by atoms with van der Waals surface area (Å²) in [5.74, 6) is -0.768. The van der Waals surface area contributed by atoms with Gasteiger partial charge in [-0.3, -0.25) is 4.79 Å². The zero-order chi connectivity index (χ0) is 33.3. The van der Waals surface area contributed by atoms with Gasteiger partial charge in [0.2, 0.25) is 0 Å². The molecule has 3 rings (SSSR count). The second-order valence-electron chi connectivity index (χ2n) is 13.9. The summed E-state index contributed by atoms with van der Waals surface area (Å²) in [6.45, 7) is 14.5. The number of hydrogen-bond donors (Lipinski definition) is 3. The molecule has 3 aliphatic heterocycles. The Balaban J connectivity index is 1.71. The standard InChI is InChI=1S/C35H58N2O8/c1-8-28(39)26(5)33-30(43-33)22-35(6,42)16-9-11-24(3)32-25(4)13-15-29(23(2)12-14-27(38)21-31(40)45-32)44-34(41)37-18-10-17-36(7)19-20-37/h9,11,13,15-16,23,25-30,32-33,38-39,42H,8,10,12,14,17-22H2,1-7H3/b15-13+,16-9+,24-11+. The molecule has 2 fully saturated rings. The first-order chi connectivity index (χ1) is 21.2. The van der Waals surface area contributed by atoms with Crippen molar-refractivity contribution in [3.63, 3.8) is 0 Å². The number of aliphatic hydroxyl groups excluding tert-OH is 2. The Morgan fingerprint density at radius 1 is 1.20 bits per heavy atom. The van der Waals surface area contributed by atoms with E-state index in [9.17, 15) is 24.9 Å². The van der Waals surface area contributed by atoms with Crippen molar-refractivity contribution in [1.82, 2.24) is 9.80 Å². The molecule has 2 saturated heterocycles. The van der Waals surface area contributed by atoms with Crippen LogP contribution >= 0.6 is 0 Å². The molecule has 256 valence electrons. The fourth-order valence-corrected chi connectivity index (χ4v) is 6.22. The number of allylic oxidation sites excluding steroid dienone is 2. The fourth-order valence-electron chi connectivity index (χ4n) is 6.22. The lowest BCUT2D eigenvalue weighted by molar-refractivity contribution is -0.151. The van der Waals surface area contributed by atoms with Crippen molar-refractivity contribution in [3.8, 4) is 0 Å². The molecule has 0 aromatic rings. The number of esters is 1. The molecule has 0 bridgehead atoms. The number of hydrogen-bond acceptors (Lipinski definition) is 9. The molecule has 0 aromatic carbocycles. The zero-order valence-corrected chi connectivity index (χ0v) is 28.4. The van der Waals surface area contributed by atoms with E-state index in [0.29, 0.717) is 38.8 Å². The topological polar surface area (TPSA) is 132 Å². The highest BCUT2D eigenvalue weighted by molar-refractivity contribution is 5.70. The summed E-state index contributed by atoms with van der Waals surface area (Å²) in [5, 5.41) is 31.7. The molecule has 3 heterocycles. The van der Waals surface area contributed by atoms with Gasteiger partial charge in [-0.15, -0.1) is 0 Å². The summed E-state index contributed by atoms with van der Waals surface area (Å²) < 4.78 is 17.7. The molecule has 0 saturated carbocycles. The van der Waals surface area contributed by atoms with Crippen LogP contribution in [0.1, 0.15) is 80.1 Å². The number of carbonyl (C=O) groups excluding carboxylic acids is 2. The van der Waals surface area contributed by atoms with E-state index in [1.54, 1.807) is 24.0 Å². The minimum Gasteiger partial charge on any atom is -0.457 e. The lowest BCUT2D eigenvalue weighted by Gasteiger charge is -2.29. The largest absolute Gasteiger partial charge is 0.457 e. The molecular formula is C35H58N2O8. The van der Waals surface area contributed by atoms with Gasteiger partial charge in [0, 0.05) is 37.9 Å². The van der Waals surface area contributed by atoms with Crippen LogP contribution in [0, 0.1) is 17.8 Å². The maximum absolute atomic E-state index is 13.1. The lowest BCUT2D eigenvalue weighted by Crippen LogP contribution is -2.38. The Morgan fingerprint density at radius 2 is 1.93 bits per heavy atom. The van der Waals surface area contributed by atoms with Gasteiger partial charge >= 0.3 is 12.1 Å². The van der Waals surface area contributed by atoms with Gasteiger partial charge in [-0.05, 0) is 70.7 Å². The van der Waals surface area contributed by atoms with Gasteiger partial charge < -0.3 is 39.3 Å². The number of aliphatic hydroxyl groups is 3. The van der Waals surface area contributed by atoms with Crippen molar-refractivity contribution in [2.75, 3.05) is 33.2 Å². The first-order valence-corrected chi connectivity index (χ1v) is 16.8. The molecule has 10 atom stereocenters. The summed E-state index contributed by atoms with van der Waals surface area (Å²) in [6.07, 6.45) is 9.05. The van der Waals surface area contributed by atoms with Crippen molar-refractivity contribution in [2.24, 2.45) is 17.8 Å². The smallest absolute Gasteiger partial charge is 0.410 e. The van der Waals surface area contributed by atoms with Crippen molar-refractivity contribution in [3.05, 3.63) is 36.0 Å². The maximum atomic E-state index is 13.1. The average molecular weight is 635 g/mol. The highest BCUT2D eigenvalue weighted by atomic mass is 16.6. The Bertz CT molecular complexity index is 1060. The molecule has 10 nitrogen and oxygen atoms in total. The zero-order valence-electron chi connectivity index (χ0n) is 28.4. The highest BCUT2D eigenvalue weighted by Gasteiger charge is 2.47. The Kier molecular flexibility index (Phi) is 14.1. The number of likely N-dealkylation sites (N-methyl/N-ethyl adjacent to an activating group) is 1. The molecule has 3 N–H and O–H groups in total. The first kappa shape index (κ1) is 37.2. The van der Waals surface area contributed by atoms with Crippen LogP contribution in [0.3, 0.4) is 0 Å². The van der Waals surface area contributed by atoms with E-state index in [4.69, 9.17) is 14.2 Å². The van der Waals surface area contributed by atoms with Gasteiger partial charge in [0.1, 0.15) is 12.2 Å². The van der Waals surface area contributed by atoms with Crippen molar-refractivity contribution >= 4 is 12.1 Å². The van der Waals surface area contributed by atoms with Gasteiger partial charge in [0.15, 0.2) is 0 Å². The minimum atomic E-state index is -1.12. The number of epoxide rings is 1. The molecule has 0 spiro atoms. The van der Waals surface area contributed by atoms with E-state index in [-0.39, 0.29) is 42.5 Å². The minimum absolute atomic E-state index is 0.00760. The number of amides is 1. The van der Waals surface area contributed by atoms with Gasteiger partial charge in [-0.2, -0.15) is 0 Å². The SMILES string of the molecule is CCC(O)C(C)C1OC1CC(C)(O)/C=C/C=C(\C)C1OC(=O)CC(O)CCC(C)C(OC(=O)N2CCCN(C)CC2)/C=C/C1C. The van der Waals surface area contributed by atoms with E-state index in [0.717, 1.165) is 25.1 Å². The van der Waals surface area contributed by atoms with Crippen LogP contribution in [-0.4, -0.2) is 113 Å². The summed E-state index contributed by atoms with van der Waals surface area (Å²) in [5.41, 5.74) is -0.350. The summed E-state index contributed by atoms with van der Waals surface area (Å²) in [7, 11) is 2.05. The Hall–Kier alpha value is -2.24. The van der Waals surface area contributed by atoms with E-state index in [1.165, 1.54) is 0 Å². The van der Waals surface area contributed by atoms with Gasteiger partial charge in [0.05, 0.1) is 36.4 Å². The number of carbonyl (C=O) groups is 2. The predicted molar refractivity (Wildman–Crippen MR) is 173 cm³/mol. The van der Waals surface area contributed by atoms with Crippen LogP contribution in [0.15, 0.2) is 36.0 Å². The fraction of sp³-hybridized carbons (Fsp3) is 0.771. The molecule has 10 heteroatoms. The monoisotopic (exact) mass is 634 g/mol. The molecule has 45 heavy (non-hydrogen) atoms. The molecule has 1 amide bonds. The van der Waals surface area contributed by atoms with Crippen LogP contribution in [-0.2, 0) is 19.0 Å². The van der Waals surface area contributed by atoms with Crippen molar-refractivity contribution in [2.45, 2.75) is 122 Å². The predicted octanol–water partition coefficient (Wildman–Crippen LogP) is 4.23. The normalized spacial score (nSPS) is 34.4. The molecule has 0 aliphatic carbocycles. The van der Waals surface area contributed by atoms with E-state index >= 15 is 0 Å². The van der Waals surface area contributed by atoms with E-state index < -0.39 is 36.0 Å². The molecule has 0 radical (unpaired) electrons. The number of nitrogens with zero attached hydrogens (tertiary/aromatic N) is 2. The van der Waals surface area contributed by atoms with Gasteiger partial charge in [-0.1, -0.05) is 52.0 Å². The number of ether oxygens (including phenoxy) is 3. The lowest BCUT2D eigenvalue weighted by atomic mass is 9.91. The van der Waals surface area contributed by atoms with Crippen LogP contribution in [0.5, 0.6) is 0 Å². The molecular weight excluding hydrogens is 576 g/mol. The van der Waals surface area contributed by atoms with Crippen LogP contribution in [0.2, 0.25) is 0 Å². The molecule has 10 unspecified atom stereocenters. The first-order valence-electron chi connectivity index (χ1n) is 16.8. The molecule has 0 aromatic heterocycles. The van der Waals surface area contributed by atoms with Crippen LogP contribution in [0.4, 0.5) is 4.79 Å². The average Bonchev–Trinajstić information content (AvgIpc) is 3.77.